The quantitative estimate of drug-likeness (QED) is 0.675. The van der Waals surface area contributed by atoms with Gasteiger partial charge in [0.25, 0.3) is 0 Å². The predicted molar refractivity (Wildman–Crippen MR) is 50.0 cm³/mol. The number of ether oxygens (including phenoxy) is 1. The molecule has 0 aromatic rings. The van der Waals surface area contributed by atoms with Crippen LogP contribution in [0.15, 0.2) is 16.8 Å². The summed E-state index contributed by atoms with van der Waals surface area (Å²) in [6.07, 6.45) is 1.76. The van der Waals surface area contributed by atoms with E-state index in [-0.39, 0.29) is 12.0 Å². The van der Waals surface area contributed by atoms with Crippen LogP contribution in [-0.2, 0) is 4.74 Å². The van der Waals surface area contributed by atoms with Crippen molar-refractivity contribution in [3.63, 3.8) is 0 Å². The highest BCUT2D eigenvalue weighted by Gasteiger charge is 2.16. The highest BCUT2D eigenvalue weighted by molar-refractivity contribution is 5.80. The van der Waals surface area contributed by atoms with Crippen LogP contribution in [0, 0.1) is 5.92 Å². The molecule has 3 nitrogen and oxygen atoms in total. The zero-order valence-electron chi connectivity index (χ0n) is 7.87. The summed E-state index contributed by atoms with van der Waals surface area (Å²) in [5, 5.41) is 0. The van der Waals surface area contributed by atoms with Crippen LogP contribution in [-0.4, -0.2) is 18.5 Å². The van der Waals surface area contributed by atoms with Crippen LogP contribution >= 0.6 is 0 Å². The Balaban J connectivity index is 2.66. The molecular weight excluding hydrogens is 152 g/mol. The molecule has 2 N–H and O–H groups in total. The molecule has 0 aromatic heterocycles. The van der Waals surface area contributed by atoms with E-state index in [1.165, 1.54) is 0 Å². The van der Waals surface area contributed by atoms with Gasteiger partial charge >= 0.3 is 0 Å². The lowest BCUT2D eigenvalue weighted by Gasteiger charge is -2.19. The summed E-state index contributed by atoms with van der Waals surface area (Å²) < 4.78 is 5.32. The lowest BCUT2D eigenvalue weighted by atomic mass is 10.1. The Labute approximate surface area is 73.3 Å². The van der Waals surface area contributed by atoms with Gasteiger partial charge < -0.3 is 10.5 Å². The lowest BCUT2D eigenvalue weighted by molar-refractivity contribution is 0.404. The summed E-state index contributed by atoms with van der Waals surface area (Å²) in [4.78, 5) is 4.38. The minimum Gasteiger partial charge on any atom is -0.451 e. The van der Waals surface area contributed by atoms with Gasteiger partial charge in [0.05, 0.1) is 12.3 Å². The zero-order valence-corrected chi connectivity index (χ0v) is 7.87. The van der Waals surface area contributed by atoms with E-state index in [4.69, 9.17) is 10.5 Å². The maximum Gasteiger partial charge on any atom is 0.193 e. The molecule has 0 saturated carbocycles. The molecule has 1 heterocycles. The first-order chi connectivity index (χ1) is 5.65. The van der Waals surface area contributed by atoms with Gasteiger partial charge in [-0.05, 0) is 19.4 Å². The van der Waals surface area contributed by atoms with E-state index < -0.39 is 0 Å². The molecule has 0 aromatic carbocycles. The molecular formula is C9H16N2O. The Morgan fingerprint density at radius 1 is 1.75 bits per heavy atom. The van der Waals surface area contributed by atoms with E-state index in [1.807, 2.05) is 13.8 Å². The van der Waals surface area contributed by atoms with Crippen molar-refractivity contribution in [1.29, 1.82) is 0 Å². The Kier molecular flexibility index (Phi) is 2.87. The van der Waals surface area contributed by atoms with Gasteiger partial charge in [0.15, 0.2) is 5.90 Å². The van der Waals surface area contributed by atoms with Crippen LogP contribution in [0.1, 0.15) is 20.8 Å². The predicted octanol–water partition coefficient (Wildman–Crippen LogP) is 1.30. The van der Waals surface area contributed by atoms with Gasteiger partial charge in [-0.1, -0.05) is 6.92 Å². The fourth-order valence-electron chi connectivity index (χ4n) is 0.919. The van der Waals surface area contributed by atoms with Crippen molar-refractivity contribution in [2.45, 2.75) is 26.8 Å². The number of rotatable bonds is 2. The number of nitrogens with zero attached hydrogens (tertiary/aromatic N) is 1. The first kappa shape index (κ1) is 9.26. The second kappa shape index (κ2) is 3.72. The van der Waals surface area contributed by atoms with Crippen molar-refractivity contribution in [3.05, 3.63) is 11.8 Å². The van der Waals surface area contributed by atoms with E-state index in [1.54, 1.807) is 6.26 Å². The number of aliphatic imine (C=N–C) groups is 1. The SMILES string of the molecule is CC1=COC(C(C)CN)=NC1C. The van der Waals surface area contributed by atoms with Crippen molar-refractivity contribution in [3.8, 4) is 0 Å². The third-order valence-corrected chi connectivity index (χ3v) is 2.12. The molecule has 12 heavy (non-hydrogen) atoms. The molecule has 0 bridgehead atoms. The number of hydrogen-bond acceptors (Lipinski definition) is 3. The molecule has 0 amide bonds. The molecule has 0 saturated heterocycles. The second-order valence-corrected chi connectivity index (χ2v) is 3.26. The van der Waals surface area contributed by atoms with Crippen LogP contribution in [0.3, 0.4) is 0 Å². The molecule has 0 radical (unpaired) electrons. The topological polar surface area (TPSA) is 47.6 Å². The Morgan fingerprint density at radius 3 is 2.92 bits per heavy atom. The molecule has 3 heteroatoms. The third kappa shape index (κ3) is 1.85. The van der Waals surface area contributed by atoms with Gasteiger partial charge in [-0.25, -0.2) is 4.99 Å². The first-order valence-electron chi connectivity index (χ1n) is 4.26. The van der Waals surface area contributed by atoms with Gasteiger partial charge in [-0.3, -0.25) is 0 Å². The van der Waals surface area contributed by atoms with Crippen molar-refractivity contribution in [2.24, 2.45) is 16.6 Å². The molecule has 1 rings (SSSR count). The smallest absolute Gasteiger partial charge is 0.193 e. The van der Waals surface area contributed by atoms with Crippen LogP contribution in [0.25, 0.3) is 0 Å². The van der Waals surface area contributed by atoms with Gasteiger partial charge in [-0.15, -0.1) is 0 Å². The van der Waals surface area contributed by atoms with E-state index in [0.29, 0.717) is 6.54 Å². The normalized spacial score (nSPS) is 25.5. The number of nitrogens with two attached hydrogens (primary N) is 1. The molecule has 1 aliphatic heterocycles. The van der Waals surface area contributed by atoms with Crippen LogP contribution in [0.2, 0.25) is 0 Å². The Hall–Kier alpha value is -0.830. The first-order valence-corrected chi connectivity index (χ1v) is 4.26. The zero-order chi connectivity index (χ0) is 9.14. The molecule has 0 fully saturated rings. The largest absolute Gasteiger partial charge is 0.451 e. The molecule has 2 atom stereocenters. The van der Waals surface area contributed by atoms with Crippen LogP contribution in [0.4, 0.5) is 0 Å². The average molecular weight is 168 g/mol. The standard InChI is InChI=1S/C9H16N2O/c1-6(4-10)9-11-8(3)7(2)5-12-9/h5-6,8H,4,10H2,1-3H3. The maximum absolute atomic E-state index is 5.50. The Bertz CT molecular complexity index is 221. The molecule has 0 aliphatic carbocycles. The summed E-state index contributed by atoms with van der Waals surface area (Å²) in [6, 6.07) is 0.239. The van der Waals surface area contributed by atoms with Gasteiger partial charge in [-0.2, -0.15) is 0 Å². The molecule has 68 valence electrons. The van der Waals surface area contributed by atoms with Gasteiger partial charge in [0, 0.05) is 12.5 Å². The summed E-state index contributed by atoms with van der Waals surface area (Å²) in [6.45, 7) is 6.66. The van der Waals surface area contributed by atoms with Crippen molar-refractivity contribution >= 4 is 5.90 Å². The lowest BCUT2D eigenvalue weighted by Crippen LogP contribution is -2.26. The second-order valence-electron chi connectivity index (χ2n) is 3.26. The number of hydrogen-bond donors (Lipinski definition) is 1. The molecule has 2 unspecified atom stereocenters. The molecule has 0 spiro atoms. The van der Waals surface area contributed by atoms with E-state index >= 15 is 0 Å². The van der Waals surface area contributed by atoms with E-state index in [2.05, 4.69) is 11.9 Å². The third-order valence-electron chi connectivity index (χ3n) is 2.12. The monoisotopic (exact) mass is 168 g/mol. The highest BCUT2D eigenvalue weighted by Crippen LogP contribution is 2.14. The van der Waals surface area contributed by atoms with Crippen LogP contribution in [0.5, 0.6) is 0 Å². The fourth-order valence-corrected chi connectivity index (χ4v) is 0.919. The fraction of sp³-hybridized carbons (Fsp3) is 0.667. The van der Waals surface area contributed by atoms with Crippen molar-refractivity contribution in [2.75, 3.05) is 6.54 Å². The van der Waals surface area contributed by atoms with E-state index in [0.717, 1.165) is 11.5 Å². The highest BCUT2D eigenvalue weighted by atomic mass is 16.5. The minimum absolute atomic E-state index is 0.219. The van der Waals surface area contributed by atoms with Crippen molar-refractivity contribution < 1.29 is 4.74 Å². The van der Waals surface area contributed by atoms with Crippen LogP contribution < -0.4 is 5.73 Å². The van der Waals surface area contributed by atoms with Gasteiger partial charge in [0.2, 0.25) is 0 Å². The minimum atomic E-state index is 0.219. The average Bonchev–Trinajstić information content (AvgIpc) is 2.08. The summed E-state index contributed by atoms with van der Waals surface area (Å²) in [7, 11) is 0. The summed E-state index contributed by atoms with van der Waals surface area (Å²) in [5.74, 6) is 0.979. The molecule has 1 aliphatic rings. The Morgan fingerprint density at radius 2 is 2.42 bits per heavy atom. The van der Waals surface area contributed by atoms with Gasteiger partial charge in [0.1, 0.15) is 0 Å². The summed E-state index contributed by atoms with van der Waals surface area (Å²) in [5.41, 5.74) is 6.66. The summed E-state index contributed by atoms with van der Waals surface area (Å²) >= 11 is 0. The van der Waals surface area contributed by atoms with E-state index in [9.17, 15) is 0 Å². The maximum atomic E-state index is 5.50. The van der Waals surface area contributed by atoms with Crippen molar-refractivity contribution in [1.82, 2.24) is 0 Å².